The second kappa shape index (κ2) is 3.23. The number of rotatable bonds is 2. The molecule has 0 bridgehead atoms. The van der Waals surface area contributed by atoms with E-state index in [1.165, 1.54) is 12.5 Å². The third kappa shape index (κ3) is 1.82. The van der Waals surface area contributed by atoms with Crippen LogP contribution < -0.4 is 4.74 Å². The van der Waals surface area contributed by atoms with Crippen molar-refractivity contribution >= 4 is 0 Å². The van der Waals surface area contributed by atoms with Crippen LogP contribution in [0.5, 0.6) is 17.2 Å². The van der Waals surface area contributed by atoms with Gasteiger partial charge in [-0.25, -0.2) is 0 Å². The number of aromatic hydroxyl groups is 1. The molecule has 0 aliphatic rings. The standard InChI is InChI=1S/C10H8O3/c11-8-1-3-9(4-2-8)13-10-5-6-12-7-10/h1-7,11H. The van der Waals surface area contributed by atoms with E-state index >= 15 is 0 Å². The van der Waals surface area contributed by atoms with Crippen molar-refractivity contribution in [3.05, 3.63) is 42.9 Å². The fraction of sp³-hybridized carbons (Fsp3) is 0. The monoisotopic (exact) mass is 176 g/mol. The minimum atomic E-state index is 0.222. The highest BCUT2D eigenvalue weighted by atomic mass is 16.5. The second-order valence-corrected chi connectivity index (χ2v) is 2.56. The minimum Gasteiger partial charge on any atom is -0.508 e. The molecular weight excluding hydrogens is 168 g/mol. The van der Waals surface area contributed by atoms with Crippen molar-refractivity contribution in [3.8, 4) is 17.2 Å². The molecular formula is C10H8O3. The summed E-state index contributed by atoms with van der Waals surface area (Å²) in [5.74, 6) is 1.53. The number of ether oxygens (including phenoxy) is 1. The number of furan rings is 1. The first-order valence-electron chi connectivity index (χ1n) is 3.84. The van der Waals surface area contributed by atoms with Crippen LogP contribution in [0.2, 0.25) is 0 Å². The summed E-state index contributed by atoms with van der Waals surface area (Å²) >= 11 is 0. The first-order chi connectivity index (χ1) is 6.34. The molecule has 0 amide bonds. The second-order valence-electron chi connectivity index (χ2n) is 2.56. The number of hydrogen-bond acceptors (Lipinski definition) is 3. The van der Waals surface area contributed by atoms with Gasteiger partial charge in [-0.15, -0.1) is 0 Å². The minimum absolute atomic E-state index is 0.222. The number of benzene rings is 1. The lowest BCUT2D eigenvalue weighted by Gasteiger charge is -2.01. The molecule has 13 heavy (non-hydrogen) atoms. The van der Waals surface area contributed by atoms with Gasteiger partial charge in [-0.05, 0) is 24.3 Å². The molecule has 3 nitrogen and oxygen atoms in total. The van der Waals surface area contributed by atoms with Crippen LogP contribution in [0.1, 0.15) is 0 Å². The van der Waals surface area contributed by atoms with Gasteiger partial charge in [-0.2, -0.15) is 0 Å². The van der Waals surface area contributed by atoms with Crippen molar-refractivity contribution in [2.24, 2.45) is 0 Å². The van der Waals surface area contributed by atoms with Gasteiger partial charge in [-0.3, -0.25) is 0 Å². The quantitative estimate of drug-likeness (QED) is 0.764. The molecule has 66 valence electrons. The molecule has 2 aromatic rings. The lowest BCUT2D eigenvalue weighted by molar-refractivity contribution is 0.457. The molecule has 0 saturated heterocycles. The maximum Gasteiger partial charge on any atom is 0.165 e. The Labute approximate surface area is 75.2 Å². The van der Waals surface area contributed by atoms with Gasteiger partial charge in [0.2, 0.25) is 0 Å². The van der Waals surface area contributed by atoms with Crippen LogP contribution in [-0.2, 0) is 0 Å². The summed E-state index contributed by atoms with van der Waals surface area (Å²) in [5.41, 5.74) is 0. The lowest BCUT2D eigenvalue weighted by Crippen LogP contribution is -1.79. The number of phenols is 1. The van der Waals surface area contributed by atoms with Gasteiger partial charge in [0.25, 0.3) is 0 Å². The van der Waals surface area contributed by atoms with E-state index in [4.69, 9.17) is 14.3 Å². The van der Waals surface area contributed by atoms with Gasteiger partial charge in [0.15, 0.2) is 5.75 Å². The van der Waals surface area contributed by atoms with Crippen LogP contribution in [0.3, 0.4) is 0 Å². The highest BCUT2D eigenvalue weighted by Crippen LogP contribution is 2.23. The topological polar surface area (TPSA) is 42.6 Å². The lowest BCUT2D eigenvalue weighted by atomic mass is 10.3. The van der Waals surface area contributed by atoms with Crippen molar-refractivity contribution < 1.29 is 14.3 Å². The van der Waals surface area contributed by atoms with E-state index in [1.807, 2.05) is 0 Å². The van der Waals surface area contributed by atoms with E-state index in [-0.39, 0.29) is 5.75 Å². The average molecular weight is 176 g/mol. The van der Waals surface area contributed by atoms with Crippen molar-refractivity contribution in [2.75, 3.05) is 0 Å². The van der Waals surface area contributed by atoms with E-state index in [0.29, 0.717) is 11.5 Å². The molecule has 1 N–H and O–H groups in total. The SMILES string of the molecule is Oc1ccc(Oc2ccoc2)cc1. The van der Waals surface area contributed by atoms with E-state index in [1.54, 1.807) is 30.3 Å². The van der Waals surface area contributed by atoms with E-state index in [9.17, 15) is 0 Å². The molecule has 0 spiro atoms. The van der Waals surface area contributed by atoms with Crippen LogP contribution in [0, 0.1) is 0 Å². The van der Waals surface area contributed by atoms with Crippen molar-refractivity contribution in [1.29, 1.82) is 0 Å². The highest BCUT2D eigenvalue weighted by Gasteiger charge is 1.97. The molecule has 0 atom stereocenters. The van der Waals surface area contributed by atoms with Crippen molar-refractivity contribution in [1.82, 2.24) is 0 Å². The average Bonchev–Trinajstić information content (AvgIpc) is 2.62. The molecule has 0 aliphatic carbocycles. The maximum atomic E-state index is 9.01. The largest absolute Gasteiger partial charge is 0.508 e. The van der Waals surface area contributed by atoms with Gasteiger partial charge >= 0.3 is 0 Å². The Morgan fingerprint density at radius 2 is 1.77 bits per heavy atom. The summed E-state index contributed by atoms with van der Waals surface area (Å²) in [6, 6.07) is 8.21. The fourth-order valence-corrected chi connectivity index (χ4v) is 0.960. The van der Waals surface area contributed by atoms with Crippen LogP contribution in [0.15, 0.2) is 47.3 Å². The van der Waals surface area contributed by atoms with Gasteiger partial charge in [0, 0.05) is 6.07 Å². The van der Waals surface area contributed by atoms with Crippen LogP contribution in [0.25, 0.3) is 0 Å². The van der Waals surface area contributed by atoms with Crippen LogP contribution >= 0.6 is 0 Å². The highest BCUT2D eigenvalue weighted by molar-refractivity contribution is 5.33. The predicted molar refractivity (Wildman–Crippen MR) is 46.9 cm³/mol. The number of hydrogen-bond donors (Lipinski definition) is 1. The molecule has 1 aromatic carbocycles. The summed E-state index contributed by atoms with van der Waals surface area (Å²) in [4.78, 5) is 0. The predicted octanol–water partition coefficient (Wildman–Crippen LogP) is 2.78. The first kappa shape index (κ1) is 7.73. The Morgan fingerprint density at radius 1 is 1.00 bits per heavy atom. The van der Waals surface area contributed by atoms with Crippen LogP contribution in [-0.4, -0.2) is 5.11 Å². The summed E-state index contributed by atoms with van der Waals surface area (Å²) in [6.45, 7) is 0. The van der Waals surface area contributed by atoms with Gasteiger partial charge in [-0.1, -0.05) is 0 Å². The van der Waals surface area contributed by atoms with Crippen molar-refractivity contribution in [3.63, 3.8) is 0 Å². The first-order valence-corrected chi connectivity index (χ1v) is 3.84. The Hall–Kier alpha value is -1.90. The van der Waals surface area contributed by atoms with E-state index in [0.717, 1.165) is 0 Å². The van der Waals surface area contributed by atoms with E-state index < -0.39 is 0 Å². The fourth-order valence-electron chi connectivity index (χ4n) is 0.960. The normalized spacial score (nSPS) is 9.85. The Kier molecular flexibility index (Phi) is 1.92. The summed E-state index contributed by atoms with van der Waals surface area (Å²) in [6.07, 6.45) is 3.04. The maximum absolute atomic E-state index is 9.01. The van der Waals surface area contributed by atoms with Gasteiger partial charge in [0.05, 0.1) is 6.26 Å². The smallest absolute Gasteiger partial charge is 0.165 e. The Bertz CT molecular complexity index is 362. The summed E-state index contributed by atoms with van der Waals surface area (Å²) < 4.78 is 10.2. The molecule has 0 fully saturated rings. The Morgan fingerprint density at radius 3 is 2.38 bits per heavy atom. The zero-order valence-corrected chi connectivity index (χ0v) is 6.81. The molecule has 0 unspecified atom stereocenters. The van der Waals surface area contributed by atoms with Gasteiger partial charge in [0.1, 0.15) is 17.8 Å². The summed E-state index contributed by atoms with van der Waals surface area (Å²) in [5, 5.41) is 9.01. The van der Waals surface area contributed by atoms with E-state index in [2.05, 4.69) is 0 Å². The van der Waals surface area contributed by atoms with Crippen molar-refractivity contribution in [2.45, 2.75) is 0 Å². The molecule has 2 rings (SSSR count). The number of phenolic OH excluding ortho intramolecular Hbond substituents is 1. The van der Waals surface area contributed by atoms with Gasteiger partial charge < -0.3 is 14.3 Å². The molecule has 0 radical (unpaired) electrons. The third-order valence-corrected chi connectivity index (χ3v) is 1.57. The molecule has 3 heteroatoms. The van der Waals surface area contributed by atoms with Crippen LogP contribution in [0.4, 0.5) is 0 Å². The zero-order chi connectivity index (χ0) is 9.10. The molecule has 0 saturated carbocycles. The molecule has 1 heterocycles. The zero-order valence-electron chi connectivity index (χ0n) is 6.81. The molecule has 1 aromatic heterocycles. The Balaban J connectivity index is 2.15. The third-order valence-electron chi connectivity index (χ3n) is 1.57. The molecule has 0 aliphatic heterocycles. The summed E-state index contributed by atoms with van der Waals surface area (Å²) in [7, 11) is 0.